The molecule has 2 rings (SSSR count). The smallest absolute Gasteiger partial charge is 0.309 e. The fourth-order valence-corrected chi connectivity index (χ4v) is 2.76. The standard InChI is InChI=1S/C11H14N2O4.C11H16N2O2/c1-12(2)10-6-8(7-11(14)17-3)4-5-9(10)13(15)16;1-13(2)10-6-8(4-5-9(10)12)7-11(14)15-3/h4-6H,7H2,1-3H3;4-6H,7,12H2,1-3H3. The number of carbonyl (C=O) groups excluding carboxylic acids is 2. The first-order valence-corrected chi connectivity index (χ1v) is 9.64. The number of methoxy groups -OCH3 is 2. The molecule has 174 valence electrons. The third-order valence-electron chi connectivity index (χ3n) is 4.45. The van der Waals surface area contributed by atoms with Crippen LogP contribution in [-0.4, -0.2) is 59.3 Å². The van der Waals surface area contributed by atoms with Crippen molar-refractivity contribution < 1.29 is 24.0 Å². The van der Waals surface area contributed by atoms with E-state index in [1.165, 1.54) is 20.3 Å². The van der Waals surface area contributed by atoms with Gasteiger partial charge in [0.25, 0.3) is 5.69 Å². The van der Waals surface area contributed by atoms with E-state index < -0.39 is 4.92 Å². The molecular formula is C22H30N4O6. The first kappa shape index (κ1) is 26.2. The molecule has 10 nitrogen and oxygen atoms in total. The van der Waals surface area contributed by atoms with Crippen LogP contribution >= 0.6 is 0 Å². The highest BCUT2D eigenvalue weighted by Gasteiger charge is 2.16. The normalized spacial score (nSPS) is 9.81. The second kappa shape index (κ2) is 12.1. The van der Waals surface area contributed by atoms with Gasteiger partial charge in [-0.1, -0.05) is 12.1 Å². The number of anilines is 3. The summed E-state index contributed by atoms with van der Waals surface area (Å²) < 4.78 is 9.15. The zero-order chi connectivity index (χ0) is 24.4. The highest BCUT2D eigenvalue weighted by Crippen LogP contribution is 2.28. The molecular weight excluding hydrogens is 416 g/mol. The third kappa shape index (κ3) is 7.78. The first-order chi connectivity index (χ1) is 15.0. The molecule has 32 heavy (non-hydrogen) atoms. The predicted octanol–water partition coefficient (Wildman–Crippen LogP) is 2.43. The number of hydrogen-bond donors (Lipinski definition) is 1. The number of benzene rings is 2. The van der Waals surface area contributed by atoms with Crippen molar-refractivity contribution in [3.63, 3.8) is 0 Å². The predicted molar refractivity (Wildman–Crippen MR) is 124 cm³/mol. The van der Waals surface area contributed by atoms with Crippen LogP contribution in [0.4, 0.5) is 22.7 Å². The maximum Gasteiger partial charge on any atom is 0.309 e. The van der Waals surface area contributed by atoms with Crippen molar-refractivity contribution >= 4 is 34.7 Å². The van der Waals surface area contributed by atoms with E-state index in [1.807, 2.05) is 31.1 Å². The van der Waals surface area contributed by atoms with Crippen molar-refractivity contribution in [2.45, 2.75) is 12.8 Å². The highest BCUT2D eigenvalue weighted by atomic mass is 16.6. The monoisotopic (exact) mass is 446 g/mol. The van der Waals surface area contributed by atoms with Gasteiger partial charge in [-0.25, -0.2) is 0 Å². The average molecular weight is 447 g/mol. The Kier molecular flexibility index (Phi) is 9.94. The number of nitrogen functional groups attached to an aromatic ring is 1. The second-order valence-electron chi connectivity index (χ2n) is 7.27. The molecule has 2 aromatic carbocycles. The van der Waals surface area contributed by atoms with Crippen LogP contribution in [0.1, 0.15) is 11.1 Å². The number of nitrogens with zero attached hydrogens (tertiary/aromatic N) is 3. The molecule has 0 saturated heterocycles. The fourth-order valence-electron chi connectivity index (χ4n) is 2.76. The van der Waals surface area contributed by atoms with Gasteiger partial charge in [-0.15, -0.1) is 0 Å². The Bertz CT molecular complexity index is 959. The van der Waals surface area contributed by atoms with Crippen molar-refractivity contribution in [1.29, 1.82) is 0 Å². The summed E-state index contributed by atoms with van der Waals surface area (Å²) >= 11 is 0. The van der Waals surface area contributed by atoms with Gasteiger partial charge in [-0.05, 0) is 29.3 Å². The number of hydrogen-bond acceptors (Lipinski definition) is 9. The van der Waals surface area contributed by atoms with Crippen LogP contribution in [0.5, 0.6) is 0 Å². The number of nitro benzene ring substituents is 1. The largest absolute Gasteiger partial charge is 0.469 e. The lowest BCUT2D eigenvalue weighted by molar-refractivity contribution is -0.384. The summed E-state index contributed by atoms with van der Waals surface area (Å²) in [6.45, 7) is 0. The minimum absolute atomic E-state index is 0.0172. The van der Waals surface area contributed by atoms with E-state index in [4.69, 9.17) is 5.73 Å². The second-order valence-corrected chi connectivity index (χ2v) is 7.27. The number of ether oxygens (including phenoxy) is 2. The third-order valence-corrected chi connectivity index (χ3v) is 4.45. The van der Waals surface area contributed by atoms with Gasteiger partial charge in [-0.3, -0.25) is 19.7 Å². The number of nitro groups is 1. The number of rotatable bonds is 7. The van der Waals surface area contributed by atoms with E-state index in [-0.39, 0.29) is 30.5 Å². The van der Waals surface area contributed by atoms with Crippen LogP contribution in [0, 0.1) is 10.1 Å². The molecule has 0 aromatic heterocycles. The van der Waals surface area contributed by atoms with Gasteiger partial charge in [0.05, 0.1) is 43.4 Å². The molecule has 0 fully saturated rings. The summed E-state index contributed by atoms with van der Waals surface area (Å²) in [5.41, 5.74) is 9.49. The Labute approximate surface area is 187 Å². The minimum Gasteiger partial charge on any atom is -0.469 e. The molecule has 2 N–H and O–H groups in total. The van der Waals surface area contributed by atoms with Crippen molar-refractivity contribution in [3.8, 4) is 0 Å². The van der Waals surface area contributed by atoms with Crippen LogP contribution < -0.4 is 15.5 Å². The summed E-state index contributed by atoms with van der Waals surface area (Å²) in [4.78, 5) is 36.1. The molecule has 0 aliphatic rings. The number of carbonyl (C=O) groups is 2. The summed E-state index contributed by atoms with van der Waals surface area (Å²) in [6, 6.07) is 10.1. The minimum atomic E-state index is -0.447. The SMILES string of the molecule is COC(=O)Cc1ccc(N)c(N(C)C)c1.COC(=O)Cc1ccc([N+](=O)[O-])c(N(C)C)c1. The lowest BCUT2D eigenvalue weighted by atomic mass is 10.1. The number of nitrogens with two attached hydrogens (primary N) is 1. The Hall–Kier alpha value is -3.82. The Balaban J connectivity index is 0.000000323. The van der Waals surface area contributed by atoms with E-state index in [9.17, 15) is 19.7 Å². The maximum atomic E-state index is 11.1. The molecule has 0 saturated carbocycles. The zero-order valence-corrected chi connectivity index (χ0v) is 19.2. The van der Waals surface area contributed by atoms with Gasteiger partial charge in [0.15, 0.2) is 0 Å². The lowest BCUT2D eigenvalue weighted by Gasteiger charge is -2.16. The summed E-state index contributed by atoms with van der Waals surface area (Å²) in [5, 5.41) is 10.8. The molecule has 0 heterocycles. The fraction of sp³-hybridized carbons (Fsp3) is 0.364. The topological polar surface area (TPSA) is 128 Å². The van der Waals surface area contributed by atoms with E-state index in [0.717, 1.165) is 11.3 Å². The molecule has 10 heteroatoms. The van der Waals surface area contributed by atoms with E-state index in [1.54, 1.807) is 37.2 Å². The van der Waals surface area contributed by atoms with Crippen LogP contribution in [0.2, 0.25) is 0 Å². The summed E-state index contributed by atoms with van der Waals surface area (Å²) in [5.74, 6) is -0.618. The van der Waals surface area contributed by atoms with Crippen molar-refractivity contribution in [1.82, 2.24) is 0 Å². The molecule has 0 amide bonds. The molecule has 0 unspecified atom stereocenters. The molecule has 0 aliphatic carbocycles. The van der Waals surface area contributed by atoms with E-state index in [2.05, 4.69) is 9.47 Å². The molecule has 0 radical (unpaired) electrons. The molecule has 0 atom stereocenters. The molecule has 0 spiro atoms. The molecule has 0 bridgehead atoms. The average Bonchev–Trinajstić information content (AvgIpc) is 2.74. The van der Waals surface area contributed by atoms with Gasteiger partial charge in [0.1, 0.15) is 5.69 Å². The Morgan fingerprint density at radius 1 is 0.875 bits per heavy atom. The summed E-state index contributed by atoms with van der Waals surface area (Å²) in [7, 11) is 9.93. The van der Waals surface area contributed by atoms with Gasteiger partial charge in [-0.2, -0.15) is 0 Å². The Morgan fingerprint density at radius 3 is 1.72 bits per heavy atom. The van der Waals surface area contributed by atoms with Crippen molar-refractivity contribution in [2.24, 2.45) is 0 Å². The van der Waals surface area contributed by atoms with E-state index in [0.29, 0.717) is 16.9 Å². The van der Waals surface area contributed by atoms with Crippen LogP contribution in [-0.2, 0) is 31.9 Å². The van der Waals surface area contributed by atoms with Gasteiger partial charge in [0.2, 0.25) is 0 Å². The van der Waals surface area contributed by atoms with Gasteiger partial charge in [0, 0.05) is 34.3 Å². The lowest BCUT2D eigenvalue weighted by Crippen LogP contribution is -2.12. The van der Waals surface area contributed by atoms with Gasteiger partial charge >= 0.3 is 11.9 Å². The van der Waals surface area contributed by atoms with E-state index >= 15 is 0 Å². The van der Waals surface area contributed by atoms with Crippen LogP contribution in [0.3, 0.4) is 0 Å². The Morgan fingerprint density at radius 2 is 1.31 bits per heavy atom. The maximum absolute atomic E-state index is 11.1. The van der Waals surface area contributed by atoms with Gasteiger partial charge < -0.3 is 25.0 Å². The zero-order valence-electron chi connectivity index (χ0n) is 19.2. The molecule has 2 aromatic rings. The first-order valence-electron chi connectivity index (χ1n) is 9.64. The molecule has 0 aliphatic heterocycles. The highest BCUT2D eigenvalue weighted by molar-refractivity contribution is 5.75. The van der Waals surface area contributed by atoms with Crippen LogP contribution in [0.15, 0.2) is 36.4 Å². The number of esters is 2. The quantitative estimate of drug-likeness (QED) is 0.295. The van der Waals surface area contributed by atoms with Crippen LogP contribution in [0.25, 0.3) is 0 Å². The van der Waals surface area contributed by atoms with Crippen molar-refractivity contribution in [3.05, 3.63) is 57.6 Å². The summed E-state index contributed by atoms with van der Waals surface area (Å²) in [6.07, 6.45) is 0.382. The van der Waals surface area contributed by atoms with Crippen molar-refractivity contribution in [2.75, 3.05) is 57.9 Å².